The average molecular weight is 229 g/mol. The molecule has 1 rings (SSSR count). The van der Waals surface area contributed by atoms with Crippen LogP contribution in [-0.2, 0) is 9.53 Å². The van der Waals surface area contributed by atoms with E-state index < -0.39 is 0 Å². The number of piperazine rings is 1. The summed E-state index contributed by atoms with van der Waals surface area (Å²) < 4.78 is 5.21. The van der Waals surface area contributed by atoms with Gasteiger partial charge in [0.2, 0.25) is 5.91 Å². The molecule has 0 radical (unpaired) electrons. The van der Waals surface area contributed by atoms with Crippen LogP contribution in [0.1, 0.15) is 13.8 Å². The van der Waals surface area contributed by atoms with E-state index in [-0.39, 0.29) is 12.0 Å². The van der Waals surface area contributed by atoms with Crippen LogP contribution in [0.4, 0.5) is 0 Å². The fourth-order valence-electron chi connectivity index (χ4n) is 1.74. The van der Waals surface area contributed by atoms with Crippen LogP contribution in [0.15, 0.2) is 0 Å². The SMILES string of the molecule is CCOC(C)C(=O)NCCN1CCNCC1. The van der Waals surface area contributed by atoms with Crippen LogP contribution in [0.2, 0.25) is 0 Å². The summed E-state index contributed by atoms with van der Waals surface area (Å²) in [5.41, 5.74) is 0. The maximum absolute atomic E-state index is 11.5. The molecule has 1 atom stereocenters. The topological polar surface area (TPSA) is 53.6 Å². The molecule has 1 heterocycles. The van der Waals surface area contributed by atoms with Crippen LogP contribution in [0.5, 0.6) is 0 Å². The molecule has 5 nitrogen and oxygen atoms in total. The first-order valence-electron chi connectivity index (χ1n) is 6.06. The average Bonchev–Trinajstić information content (AvgIpc) is 2.30. The molecule has 0 aromatic rings. The number of hydrogen-bond donors (Lipinski definition) is 2. The summed E-state index contributed by atoms with van der Waals surface area (Å²) in [5, 5.41) is 6.19. The first kappa shape index (κ1) is 13.4. The summed E-state index contributed by atoms with van der Waals surface area (Å²) in [7, 11) is 0. The van der Waals surface area contributed by atoms with E-state index in [0.717, 1.165) is 32.7 Å². The van der Waals surface area contributed by atoms with Gasteiger partial charge in [-0.3, -0.25) is 9.69 Å². The fraction of sp³-hybridized carbons (Fsp3) is 0.909. The van der Waals surface area contributed by atoms with E-state index >= 15 is 0 Å². The van der Waals surface area contributed by atoms with Crippen LogP contribution in [-0.4, -0.2) is 62.8 Å². The largest absolute Gasteiger partial charge is 0.369 e. The lowest BCUT2D eigenvalue weighted by Gasteiger charge is -2.27. The third kappa shape index (κ3) is 4.92. The van der Waals surface area contributed by atoms with Crippen LogP contribution >= 0.6 is 0 Å². The summed E-state index contributed by atoms with van der Waals surface area (Å²) >= 11 is 0. The monoisotopic (exact) mass is 229 g/mol. The zero-order valence-electron chi connectivity index (χ0n) is 10.3. The van der Waals surface area contributed by atoms with Gasteiger partial charge in [0, 0.05) is 45.9 Å². The molecular weight excluding hydrogens is 206 g/mol. The van der Waals surface area contributed by atoms with Crippen LogP contribution in [0.25, 0.3) is 0 Å². The summed E-state index contributed by atoms with van der Waals surface area (Å²) in [6.45, 7) is 10.1. The minimum atomic E-state index is -0.340. The van der Waals surface area contributed by atoms with Crippen molar-refractivity contribution in [3.05, 3.63) is 0 Å². The number of carbonyl (C=O) groups excluding carboxylic acids is 1. The van der Waals surface area contributed by atoms with Crippen molar-refractivity contribution in [2.45, 2.75) is 20.0 Å². The molecule has 16 heavy (non-hydrogen) atoms. The molecular formula is C11H23N3O2. The summed E-state index contributed by atoms with van der Waals surface area (Å²) in [5.74, 6) is -0.0167. The Morgan fingerprint density at radius 1 is 1.50 bits per heavy atom. The molecule has 94 valence electrons. The van der Waals surface area contributed by atoms with Crippen molar-refractivity contribution in [3.63, 3.8) is 0 Å². The van der Waals surface area contributed by atoms with Gasteiger partial charge in [-0.1, -0.05) is 0 Å². The van der Waals surface area contributed by atoms with Gasteiger partial charge in [0.1, 0.15) is 6.10 Å². The van der Waals surface area contributed by atoms with Crippen molar-refractivity contribution in [1.29, 1.82) is 0 Å². The highest BCUT2D eigenvalue weighted by atomic mass is 16.5. The highest BCUT2D eigenvalue weighted by molar-refractivity contribution is 5.80. The molecule has 0 aliphatic carbocycles. The molecule has 1 unspecified atom stereocenters. The van der Waals surface area contributed by atoms with Crippen LogP contribution in [0, 0.1) is 0 Å². The van der Waals surface area contributed by atoms with Crippen LogP contribution in [0.3, 0.4) is 0 Å². The lowest BCUT2D eigenvalue weighted by molar-refractivity contribution is -0.131. The highest BCUT2D eigenvalue weighted by Gasteiger charge is 2.13. The molecule has 0 saturated carbocycles. The molecule has 1 aliphatic rings. The zero-order chi connectivity index (χ0) is 11.8. The smallest absolute Gasteiger partial charge is 0.248 e. The van der Waals surface area contributed by atoms with Crippen molar-refractivity contribution >= 4 is 5.91 Å². The normalized spacial score (nSPS) is 19.4. The maximum Gasteiger partial charge on any atom is 0.248 e. The van der Waals surface area contributed by atoms with E-state index in [4.69, 9.17) is 4.74 Å². The summed E-state index contributed by atoms with van der Waals surface area (Å²) in [6.07, 6.45) is -0.340. The molecule has 1 amide bonds. The van der Waals surface area contributed by atoms with Crippen molar-refractivity contribution < 1.29 is 9.53 Å². The number of carbonyl (C=O) groups is 1. The fourth-order valence-corrected chi connectivity index (χ4v) is 1.74. The van der Waals surface area contributed by atoms with E-state index in [2.05, 4.69) is 15.5 Å². The quantitative estimate of drug-likeness (QED) is 0.640. The lowest BCUT2D eigenvalue weighted by atomic mass is 10.3. The Balaban J connectivity index is 2.07. The number of rotatable bonds is 6. The van der Waals surface area contributed by atoms with Gasteiger partial charge in [-0.25, -0.2) is 0 Å². The Bertz CT molecular complexity index is 205. The Morgan fingerprint density at radius 2 is 2.19 bits per heavy atom. The third-order valence-electron chi connectivity index (χ3n) is 2.72. The summed E-state index contributed by atoms with van der Waals surface area (Å²) in [4.78, 5) is 13.9. The molecule has 0 spiro atoms. The van der Waals surface area contributed by atoms with Gasteiger partial charge >= 0.3 is 0 Å². The highest BCUT2D eigenvalue weighted by Crippen LogP contribution is 1.92. The van der Waals surface area contributed by atoms with Gasteiger partial charge in [-0.2, -0.15) is 0 Å². The van der Waals surface area contributed by atoms with E-state index in [1.165, 1.54) is 0 Å². The molecule has 2 N–H and O–H groups in total. The number of nitrogens with zero attached hydrogens (tertiary/aromatic N) is 1. The van der Waals surface area contributed by atoms with Crippen molar-refractivity contribution in [2.24, 2.45) is 0 Å². The Morgan fingerprint density at radius 3 is 2.81 bits per heavy atom. The zero-order valence-corrected chi connectivity index (χ0v) is 10.3. The maximum atomic E-state index is 11.5. The Labute approximate surface area is 97.5 Å². The Kier molecular flexibility index (Phi) is 6.37. The second-order valence-corrected chi connectivity index (χ2v) is 3.98. The molecule has 0 aromatic heterocycles. The number of nitrogens with one attached hydrogen (secondary N) is 2. The molecule has 1 saturated heterocycles. The van der Waals surface area contributed by atoms with Gasteiger partial charge < -0.3 is 15.4 Å². The molecule has 0 aromatic carbocycles. The second kappa shape index (κ2) is 7.60. The van der Waals surface area contributed by atoms with E-state index in [9.17, 15) is 4.79 Å². The van der Waals surface area contributed by atoms with Gasteiger partial charge in [0.15, 0.2) is 0 Å². The van der Waals surface area contributed by atoms with Crippen LogP contribution < -0.4 is 10.6 Å². The molecule has 5 heteroatoms. The molecule has 1 aliphatic heterocycles. The first-order valence-corrected chi connectivity index (χ1v) is 6.06. The second-order valence-electron chi connectivity index (χ2n) is 3.98. The van der Waals surface area contributed by atoms with E-state index in [0.29, 0.717) is 13.2 Å². The standard InChI is InChI=1S/C11H23N3O2/c1-3-16-10(2)11(15)13-6-9-14-7-4-12-5-8-14/h10,12H,3-9H2,1-2H3,(H,13,15). The minimum absolute atomic E-state index is 0.0167. The van der Waals surface area contributed by atoms with Crippen molar-refractivity contribution in [1.82, 2.24) is 15.5 Å². The van der Waals surface area contributed by atoms with Gasteiger partial charge in [0.25, 0.3) is 0 Å². The Hall–Kier alpha value is -0.650. The third-order valence-corrected chi connectivity index (χ3v) is 2.72. The minimum Gasteiger partial charge on any atom is -0.369 e. The summed E-state index contributed by atoms with van der Waals surface area (Å²) in [6, 6.07) is 0. The van der Waals surface area contributed by atoms with Crippen molar-refractivity contribution in [3.8, 4) is 0 Å². The van der Waals surface area contributed by atoms with E-state index in [1.807, 2.05) is 6.92 Å². The van der Waals surface area contributed by atoms with Gasteiger partial charge in [-0.05, 0) is 13.8 Å². The molecule has 1 fully saturated rings. The van der Waals surface area contributed by atoms with Gasteiger partial charge in [-0.15, -0.1) is 0 Å². The predicted molar refractivity (Wildman–Crippen MR) is 63.4 cm³/mol. The van der Waals surface area contributed by atoms with Crippen molar-refractivity contribution in [2.75, 3.05) is 45.9 Å². The lowest BCUT2D eigenvalue weighted by Crippen LogP contribution is -2.47. The number of ether oxygens (including phenoxy) is 1. The van der Waals surface area contributed by atoms with E-state index in [1.54, 1.807) is 6.92 Å². The molecule has 0 bridgehead atoms. The predicted octanol–water partition coefficient (Wildman–Crippen LogP) is -0.567. The number of amides is 1. The first-order chi connectivity index (χ1) is 7.74. The van der Waals surface area contributed by atoms with Gasteiger partial charge in [0.05, 0.1) is 0 Å². The number of hydrogen-bond acceptors (Lipinski definition) is 4.